The highest BCUT2D eigenvalue weighted by Gasteiger charge is 2.28. The molecule has 0 bridgehead atoms. The molecule has 5 nitrogen and oxygen atoms in total. The van der Waals surface area contributed by atoms with Crippen LogP contribution in [0.1, 0.15) is 23.2 Å². The predicted molar refractivity (Wildman–Crippen MR) is 81.3 cm³/mol. The molecule has 6 heteroatoms. The molecule has 0 radical (unpaired) electrons. The van der Waals surface area contributed by atoms with Crippen molar-refractivity contribution in [1.29, 1.82) is 0 Å². The Bertz CT molecular complexity index is 538. The fourth-order valence-corrected chi connectivity index (χ4v) is 3.01. The smallest absolute Gasteiger partial charge is 0.308 e. The number of carbonyl (C=O) groups excluding carboxylic acids is 2. The van der Waals surface area contributed by atoms with Crippen molar-refractivity contribution >= 4 is 27.8 Å². The number of benzene rings is 1. The van der Waals surface area contributed by atoms with E-state index in [2.05, 4.69) is 15.9 Å². The molecule has 2 rings (SSSR count). The summed E-state index contributed by atoms with van der Waals surface area (Å²) in [6.07, 6.45) is 1.30. The highest BCUT2D eigenvalue weighted by Crippen LogP contribution is 2.27. The van der Waals surface area contributed by atoms with E-state index in [4.69, 9.17) is 9.47 Å². The van der Waals surface area contributed by atoms with Gasteiger partial charge in [-0.25, -0.2) is 0 Å². The fraction of sp³-hybridized carbons (Fsp3) is 0.467. The quantitative estimate of drug-likeness (QED) is 0.781. The van der Waals surface area contributed by atoms with E-state index < -0.39 is 0 Å². The number of rotatable bonds is 3. The van der Waals surface area contributed by atoms with Crippen molar-refractivity contribution in [2.75, 3.05) is 27.3 Å². The van der Waals surface area contributed by atoms with Crippen LogP contribution >= 0.6 is 15.9 Å². The average Bonchev–Trinajstić information content (AvgIpc) is 2.53. The second-order valence-electron chi connectivity index (χ2n) is 4.94. The van der Waals surface area contributed by atoms with Crippen molar-refractivity contribution in [1.82, 2.24) is 4.90 Å². The lowest BCUT2D eigenvalue weighted by atomic mass is 9.96. The van der Waals surface area contributed by atoms with Crippen molar-refractivity contribution in [3.63, 3.8) is 0 Å². The Morgan fingerprint density at radius 1 is 1.24 bits per heavy atom. The van der Waals surface area contributed by atoms with Gasteiger partial charge in [0, 0.05) is 18.7 Å². The van der Waals surface area contributed by atoms with Gasteiger partial charge in [0.25, 0.3) is 5.91 Å². The Hall–Kier alpha value is -1.56. The number of piperidine rings is 1. The van der Waals surface area contributed by atoms with E-state index in [9.17, 15) is 9.59 Å². The van der Waals surface area contributed by atoms with Crippen molar-refractivity contribution in [2.24, 2.45) is 5.92 Å². The number of nitrogens with zero attached hydrogens (tertiary/aromatic N) is 1. The first kappa shape index (κ1) is 15.8. The fourth-order valence-electron chi connectivity index (χ4n) is 2.47. The lowest BCUT2D eigenvalue weighted by Crippen LogP contribution is -2.40. The molecular weight excluding hydrogens is 338 g/mol. The topological polar surface area (TPSA) is 55.8 Å². The van der Waals surface area contributed by atoms with Crippen molar-refractivity contribution in [3.8, 4) is 5.75 Å². The Morgan fingerprint density at radius 3 is 2.43 bits per heavy atom. The summed E-state index contributed by atoms with van der Waals surface area (Å²) in [5.41, 5.74) is 0.610. The molecule has 1 amide bonds. The molecule has 114 valence electrons. The summed E-state index contributed by atoms with van der Waals surface area (Å²) < 4.78 is 10.7. The van der Waals surface area contributed by atoms with Crippen LogP contribution < -0.4 is 4.74 Å². The van der Waals surface area contributed by atoms with Crippen molar-refractivity contribution in [2.45, 2.75) is 12.8 Å². The minimum absolute atomic E-state index is 0.0262. The summed E-state index contributed by atoms with van der Waals surface area (Å²) in [4.78, 5) is 25.7. The van der Waals surface area contributed by atoms with Gasteiger partial charge in [-0.05, 0) is 47.0 Å². The number of amides is 1. The summed E-state index contributed by atoms with van der Waals surface area (Å²) in [6, 6.07) is 5.27. The van der Waals surface area contributed by atoms with Gasteiger partial charge in [-0.1, -0.05) is 0 Å². The number of likely N-dealkylation sites (tertiary alicyclic amines) is 1. The maximum atomic E-state index is 12.4. The minimum Gasteiger partial charge on any atom is -0.496 e. The number of halogens is 1. The number of methoxy groups -OCH3 is 2. The van der Waals surface area contributed by atoms with Crippen molar-refractivity contribution < 1.29 is 19.1 Å². The van der Waals surface area contributed by atoms with E-state index in [1.54, 1.807) is 30.2 Å². The standard InChI is InChI=1S/C15H18BrNO4/c1-20-13-4-3-11(9-12(13)16)14(18)17-7-5-10(6-8-17)15(19)21-2/h3-4,9-10H,5-8H2,1-2H3. The largest absolute Gasteiger partial charge is 0.496 e. The highest BCUT2D eigenvalue weighted by molar-refractivity contribution is 9.10. The molecule has 1 saturated heterocycles. The lowest BCUT2D eigenvalue weighted by molar-refractivity contribution is -0.146. The van der Waals surface area contributed by atoms with E-state index in [0.29, 0.717) is 37.2 Å². The molecule has 21 heavy (non-hydrogen) atoms. The van der Waals surface area contributed by atoms with Crippen LogP contribution in [0.15, 0.2) is 22.7 Å². The first-order valence-electron chi connectivity index (χ1n) is 6.77. The zero-order valence-corrected chi connectivity index (χ0v) is 13.7. The molecule has 1 aromatic rings. The molecule has 0 N–H and O–H groups in total. The predicted octanol–water partition coefficient (Wildman–Crippen LogP) is 2.48. The molecule has 1 aliphatic rings. The number of esters is 1. The van der Waals surface area contributed by atoms with Crippen LogP contribution in [-0.4, -0.2) is 44.1 Å². The van der Waals surface area contributed by atoms with Gasteiger partial charge in [0.05, 0.1) is 24.6 Å². The molecule has 1 aliphatic heterocycles. The van der Waals surface area contributed by atoms with Crippen LogP contribution in [0.3, 0.4) is 0 Å². The molecule has 0 unspecified atom stereocenters. The SMILES string of the molecule is COC(=O)C1CCN(C(=O)c2ccc(OC)c(Br)c2)CC1. The van der Waals surface area contributed by atoms with Gasteiger partial charge < -0.3 is 14.4 Å². The average molecular weight is 356 g/mol. The number of hydrogen-bond donors (Lipinski definition) is 0. The van der Waals surface area contributed by atoms with E-state index in [1.807, 2.05) is 0 Å². The van der Waals surface area contributed by atoms with Crippen LogP contribution in [0.25, 0.3) is 0 Å². The lowest BCUT2D eigenvalue weighted by Gasteiger charge is -2.30. The molecule has 0 aliphatic carbocycles. The maximum Gasteiger partial charge on any atom is 0.308 e. The maximum absolute atomic E-state index is 12.4. The van der Waals surface area contributed by atoms with Crippen molar-refractivity contribution in [3.05, 3.63) is 28.2 Å². The third-order valence-electron chi connectivity index (χ3n) is 3.72. The summed E-state index contributed by atoms with van der Waals surface area (Å²) in [6.45, 7) is 1.14. The summed E-state index contributed by atoms with van der Waals surface area (Å²) in [7, 11) is 2.98. The molecular formula is C15H18BrNO4. The monoisotopic (exact) mass is 355 g/mol. The third kappa shape index (κ3) is 3.56. The second-order valence-corrected chi connectivity index (χ2v) is 5.79. The Morgan fingerprint density at radius 2 is 1.90 bits per heavy atom. The zero-order valence-electron chi connectivity index (χ0n) is 12.1. The van der Waals surface area contributed by atoms with Crippen LogP contribution in [0, 0.1) is 5.92 Å². The van der Waals surface area contributed by atoms with Crippen LogP contribution in [0.4, 0.5) is 0 Å². The van der Waals surface area contributed by atoms with E-state index >= 15 is 0 Å². The molecule has 0 aromatic heterocycles. The van der Waals surface area contributed by atoms with Gasteiger partial charge >= 0.3 is 5.97 Å². The van der Waals surface area contributed by atoms with Crippen LogP contribution in [-0.2, 0) is 9.53 Å². The molecule has 1 heterocycles. The van der Waals surface area contributed by atoms with Gasteiger partial charge in [0.15, 0.2) is 0 Å². The summed E-state index contributed by atoms with van der Waals surface area (Å²) in [5.74, 6) is 0.383. The molecule has 0 spiro atoms. The number of ether oxygens (including phenoxy) is 2. The minimum atomic E-state index is -0.186. The molecule has 0 saturated carbocycles. The normalized spacial score (nSPS) is 15.7. The number of hydrogen-bond acceptors (Lipinski definition) is 4. The van der Waals surface area contributed by atoms with E-state index in [-0.39, 0.29) is 17.8 Å². The zero-order chi connectivity index (χ0) is 15.4. The molecule has 1 fully saturated rings. The van der Waals surface area contributed by atoms with Gasteiger partial charge in [-0.3, -0.25) is 9.59 Å². The van der Waals surface area contributed by atoms with Crippen LogP contribution in [0.5, 0.6) is 5.75 Å². The van der Waals surface area contributed by atoms with Gasteiger partial charge in [0.1, 0.15) is 5.75 Å². The second kappa shape index (κ2) is 6.93. The van der Waals surface area contributed by atoms with Crippen LogP contribution in [0.2, 0.25) is 0 Å². The first-order chi connectivity index (χ1) is 10.1. The van der Waals surface area contributed by atoms with Gasteiger partial charge in [-0.15, -0.1) is 0 Å². The van der Waals surface area contributed by atoms with E-state index in [1.165, 1.54) is 7.11 Å². The summed E-state index contributed by atoms with van der Waals surface area (Å²) in [5, 5.41) is 0. The van der Waals surface area contributed by atoms with Gasteiger partial charge in [-0.2, -0.15) is 0 Å². The number of carbonyl (C=O) groups is 2. The Kier molecular flexibility index (Phi) is 5.22. The van der Waals surface area contributed by atoms with E-state index in [0.717, 1.165) is 4.47 Å². The molecule has 0 atom stereocenters. The highest BCUT2D eigenvalue weighted by atomic mass is 79.9. The Balaban J connectivity index is 2.02. The molecule has 1 aromatic carbocycles. The Labute approximate surface area is 132 Å². The van der Waals surface area contributed by atoms with Gasteiger partial charge in [0.2, 0.25) is 0 Å². The third-order valence-corrected chi connectivity index (χ3v) is 4.34. The first-order valence-corrected chi connectivity index (χ1v) is 7.56. The summed E-state index contributed by atoms with van der Waals surface area (Å²) >= 11 is 3.38.